The van der Waals surface area contributed by atoms with Gasteiger partial charge in [-0.3, -0.25) is 0 Å². The molecule has 2 rings (SSSR count). The third-order valence-corrected chi connectivity index (χ3v) is 2.67. The van der Waals surface area contributed by atoms with E-state index in [-0.39, 0.29) is 5.97 Å². The number of rotatable bonds is 3. The molecule has 0 radical (unpaired) electrons. The zero-order valence-corrected chi connectivity index (χ0v) is 10.8. The number of pyridine rings is 1. The van der Waals surface area contributed by atoms with E-state index >= 15 is 0 Å². The summed E-state index contributed by atoms with van der Waals surface area (Å²) in [6.07, 6.45) is 0. The van der Waals surface area contributed by atoms with E-state index in [4.69, 9.17) is 21.1 Å². The molecule has 5 heteroatoms. The minimum absolute atomic E-state index is 0.331. The highest BCUT2D eigenvalue weighted by Gasteiger charge is 2.12. The maximum Gasteiger partial charge on any atom is 0.338 e. The summed E-state index contributed by atoms with van der Waals surface area (Å²) in [7, 11) is 1.52. The van der Waals surface area contributed by atoms with Gasteiger partial charge in [-0.1, -0.05) is 11.6 Å². The van der Waals surface area contributed by atoms with Gasteiger partial charge in [-0.05, 0) is 31.2 Å². The van der Waals surface area contributed by atoms with Gasteiger partial charge in [0.05, 0.1) is 19.3 Å². The Morgan fingerprint density at radius 3 is 2.83 bits per heavy atom. The first-order chi connectivity index (χ1) is 8.65. The second-order valence-corrected chi connectivity index (χ2v) is 3.99. The summed E-state index contributed by atoms with van der Waals surface area (Å²) >= 11 is 5.84. The van der Waals surface area contributed by atoms with E-state index in [1.807, 2.05) is 0 Å². The van der Waals surface area contributed by atoms with Gasteiger partial charge < -0.3 is 9.47 Å². The molecule has 0 saturated heterocycles. The number of methoxy groups -OCH3 is 1. The summed E-state index contributed by atoms with van der Waals surface area (Å²) < 4.78 is 10.2. The molecule has 0 bridgehead atoms. The Morgan fingerprint density at radius 1 is 1.39 bits per heavy atom. The quantitative estimate of drug-likeness (QED) is 0.632. The molecule has 0 atom stereocenters. The van der Waals surface area contributed by atoms with E-state index < -0.39 is 0 Å². The second-order valence-electron chi connectivity index (χ2n) is 3.60. The van der Waals surface area contributed by atoms with E-state index in [2.05, 4.69) is 4.98 Å². The molecule has 94 valence electrons. The lowest BCUT2D eigenvalue weighted by Gasteiger charge is -2.08. The molecule has 0 fully saturated rings. The summed E-state index contributed by atoms with van der Waals surface area (Å²) in [5.41, 5.74) is 1.06. The van der Waals surface area contributed by atoms with Crippen LogP contribution >= 0.6 is 11.6 Å². The Bertz CT molecular complexity index is 598. The van der Waals surface area contributed by atoms with Gasteiger partial charge in [0.1, 0.15) is 16.4 Å². The highest BCUT2D eigenvalue weighted by molar-refractivity contribution is 6.29. The molecule has 1 heterocycles. The maximum absolute atomic E-state index is 11.7. The average Bonchev–Trinajstić information content (AvgIpc) is 2.37. The normalized spacial score (nSPS) is 10.4. The SMILES string of the molecule is CCOC(=O)c1cc(OC)c2nc(Cl)ccc2c1. The number of esters is 1. The van der Waals surface area contributed by atoms with Crippen molar-refractivity contribution in [1.29, 1.82) is 0 Å². The van der Waals surface area contributed by atoms with E-state index in [1.165, 1.54) is 7.11 Å². The van der Waals surface area contributed by atoms with Gasteiger partial charge in [0.2, 0.25) is 0 Å². The number of aromatic nitrogens is 1. The van der Waals surface area contributed by atoms with E-state index in [0.717, 1.165) is 5.39 Å². The number of carbonyl (C=O) groups excluding carboxylic acids is 1. The molecular formula is C13H12ClNO3. The lowest BCUT2D eigenvalue weighted by atomic mass is 10.1. The maximum atomic E-state index is 11.7. The summed E-state index contributed by atoms with van der Waals surface area (Å²) in [6, 6.07) is 6.76. The van der Waals surface area contributed by atoms with Crippen molar-refractivity contribution in [3.05, 3.63) is 35.0 Å². The Labute approximate surface area is 109 Å². The highest BCUT2D eigenvalue weighted by Crippen LogP contribution is 2.27. The van der Waals surface area contributed by atoms with Crippen molar-refractivity contribution in [2.45, 2.75) is 6.92 Å². The van der Waals surface area contributed by atoms with Crippen LogP contribution in [0.15, 0.2) is 24.3 Å². The minimum atomic E-state index is -0.382. The predicted octanol–water partition coefficient (Wildman–Crippen LogP) is 3.07. The topological polar surface area (TPSA) is 48.4 Å². The number of nitrogens with zero attached hydrogens (tertiary/aromatic N) is 1. The largest absolute Gasteiger partial charge is 0.494 e. The van der Waals surface area contributed by atoms with Gasteiger partial charge in [-0.15, -0.1) is 0 Å². The molecule has 0 amide bonds. The Balaban J connectivity index is 2.59. The Kier molecular flexibility index (Phi) is 3.67. The fourth-order valence-electron chi connectivity index (χ4n) is 1.67. The number of hydrogen-bond acceptors (Lipinski definition) is 4. The van der Waals surface area contributed by atoms with Gasteiger partial charge in [-0.25, -0.2) is 9.78 Å². The molecule has 0 N–H and O–H groups in total. The van der Waals surface area contributed by atoms with Crippen LogP contribution in [0.4, 0.5) is 0 Å². The Hall–Kier alpha value is -1.81. The monoisotopic (exact) mass is 265 g/mol. The van der Waals surface area contributed by atoms with Crippen LogP contribution < -0.4 is 4.74 Å². The van der Waals surface area contributed by atoms with Crippen LogP contribution in [0.2, 0.25) is 5.15 Å². The molecule has 0 aliphatic heterocycles. The van der Waals surface area contributed by atoms with Gasteiger partial charge in [-0.2, -0.15) is 0 Å². The number of benzene rings is 1. The van der Waals surface area contributed by atoms with Gasteiger partial charge >= 0.3 is 5.97 Å². The fraction of sp³-hybridized carbons (Fsp3) is 0.231. The van der Waals surface area contributed by atoms with Crippen LogP contribution in [-0.4, -0.2) is 24.7 Å². The molecule has 0 unspecified atom stereocenters. The standard InChI is InChI=1S/C13H12ClNO3/c1-3-18-13(16)9-6-8-4-5-11(14)15-12(8)10(7-9)17-2/h4-7H,3H2,1-2H3. The smallest absolute Gasteiger partial charge is 0.338 e. The summed E-state index contributed by atoms with van der Waals surface area (Å²) in [5, 5.41) is 1.16. The summed E-state index contributed by atoms with van der Waals surface area (Å²) in [4.78, 5) is 15.9. The van der Waals surface area contributed by atoms with Crippen molar-refractivity contribution in [2.75, 3.05) is 13.7 Å². The molecule has 0 saturated carbocycles. The fourth-order valence-corrected chi connectivity index (χ4v) is 1.81. The number of fused-ring (bicyclic) bond motifs is 1. The van der Waals surface area contributed by atoms with Gasteiger partial charge in [0, 0.05) is 5.39 Å². The van der Waals surface area contributed by atoms with Crippen LogP contribution in [-0.2, 0) is 4.74 Å². The highest BCUT2D eigenvalue weighted by atomic mass is 35.5. The van der Waals surface area contributed by atoms with Crippen LogP contribution in [0.25, 0.3) is 10.9 Å². The number of hydrogen-bond donors (Lipinski definition) is 0. The lowest BCUT2D eigenvalue weighted by molar-refractivity contribution is 0.0526. The summed E-state index contributed by atoms with van der Waals surface area (Å²) in [6.45, 7) is 2.09. The molecule has 0 spiro atoms. The molecule has 4 nitrogen and oxygen atoms in total. The minimum Gasteiger partial charge on any atom is -0.494 e. The first kappa shape index (κ1) is 12.6. The van der Waals surface area contributed by atoms with Gasteiger partial charge in [0.15, 0.2) is 0 Å². The zero-order chi connectivity index (χ0) is 13.1. The lowest BCUT2D eigenvalue weighted by Crippen LogP contribution is -2.05. The average molecular weight is 266 g/mol. The summed E-state index contributed by atoms with van der Waals surface area (Å²) in [5.74, 6) is 0.116. The van der Waals surface area contributed by atoms with Crippen molar-refractivity contribution in [3.8, 4) is 5.75 Å². The van der Waals surface area contributed by atoms with Crippen LogP contribution in [0, 0.1) is 0 Å². The van der Waals surface area contributed by atoms with Crippen LogP contribution in [0.1, 0.15) is 17.3 Å². The van der Waals surface area contributed by atoms with E-state index in [1.54, 1.807) is 31.2 Å². The second kappa shape index (κ2) is 5.23. The first-order valence-electron chi connectivity index (χ1n) is 5.47. The Morgan fingerprint density at radius 2 is 2.17 bits per heavy atom. The predicted molar refractivity (Wildman–Crippen MR) is 69.3 cm³/mol. The third kappa shape index (κ3) is 2.38. The number of carbonyl (C=O) groups is 1. The molecular weight excluding hydrogens is 254 g/mol. The number of ether oxygens (including phenoxy) is 2. The zero-order valence-electron chi connectivity index (χ0n) is 10.1. The third-order valence-electron chi connectivity index (χ3n) is 2.45. The van der Waals surface area contributed by atoms with Crippen LogP contribution in [0.5, 0.6) is 5.75 Å². The first-order valence-corrected chi connectivity index (χ1v) is 5.85. The molecule has 0 aliphatic rings. The van der Waals surface area contributed by atoms with E-state index in [0.29, 0.717) is 28.6 Å². The molecule has 1 aromatic carbocycles. The molecule has 1 aromatic heterocycles. The molecule has 18 heavy (non-hydrogen) atoms. The van der Waals surface area contributed by atoms with Crippen LogP contribution in [0.3, 0.4) is 0 Å². The van der Waals surface area contributed by atoms with Crippen molar-refractivity contribution in [2.24, 2.45) is 0 Å². The van der Waals surface area contributed by atoms with Crippen molar-refractivity contribution in [1.82, 2.24) is 4.98 Å². The molecule has 0 aliphatic carbocycles. The molecule has 2 aromatic rings. The van der Waals surface area contributed by atoms with Crippen molar-refractivity contribution >= 4 is 28.5 Å². The van der Waals surface area contributed by atoms with Crippen molar-refractivity contribution in [3.63, 3.8) is 0 Å². The van der Waals surface area contributed by atoms with E-state index in [9.17, 15) is 4.79 Å². The van der Waals surface area contributed by atoms with Gasteiger partial charge in [0.25, 0.3) is 0 Å². The van der Waals surface area contributed by atoms with Crippen molar-refractivity contribution < 1.29 is 14.3 Å². The number of halogens is 1.